The molecule has 0 saturated carbocycles. The van der Waals surface area contributed by atoms with Crippen LogP contribution in [0.2, 0.25) is 0 Å². The van der Waals surface area contributed by atoms with E-state index in [9.17, 15) is 9.59 Å². The lowest BCUT2D eigenvalue weighted by molar-refractivity contribution is -0.131. The highest BCUT2D eigenvalue weighted by Crippen LogP contribution is 2.30. The van der Waals surface area contributed by atoms with E-state index < -0.39 is 0 Å². The Hall–Kier alpha value is -2.77. The zero-order chi connectivity index (χ0) is 18.8. The van der Waals surface area contributed by atoms with Crippen molar-refractivity contribution in [3.05, 3.63) is 74.8 Å². The van der Waals surface area contributed by atoms with Gasteiger partial charge in [-0.15, -0.1) is 22.7 Å². The number of aromatic nitrogens is 2. The van der Waals surface area contributed by atoms with Gasteiger partial charge in [0.2, 0.25) is 5.91 Å². The minimum absolute atomic E-state index is 0.0201. The zero-order valence-corrected chi connectivity index (χ0v) is 16.3. The number of carbonyl (C=O) groups excluding carboxylic acids is 1. The number of carbonyl (C=O) groups is 1. The first-order valence-electron chi connectivity index (χ1n) is 8.42. The molecule has 0 atom stereocenters. The summed E-state index contributed by atoms with van der Waals surface area (Å²) < 4.78 is 1.40. The number of fused-ring (bicyclic) bond motifs is 1. The lowest BCUT2D eigenvalue weighted by Gasteiger charge is -2.16. The first-order valence-corrected chi connectivity index (χ1v) is 10.2. The number of nitrogens with zero attached hydrogens (tertiary/aromatic N) is 3. The number of hydrogen-bond acceptors (Lipinski definition) is 5. The van der Waals surface area contributed by atoms with Gasteiger partial charge in [0.05, 0.1) is 18.3 Å². The fourth-order valence-electron chi connectivity index (χ4n) is 2.90. The standard InChI is InChI=1S/C20H17N3O2S2/c1-22(10-15-8-5-9-26-15)17(24)11-23-13-21-19-18(20(23)25)16(12-27-19)14-6-3-2-4-7-14/h2-9,12-13H,10-11H2,1H3. The summed E-state index contributed by atoms with van der Waals surface area (Å²) in [4.78, 5) is 33.4. The molecule has 0 radical (unpaired) electrons. The molecule has 3 aromatic heterocycles. The average molecular weight is 396 g/mol. The number of benzene rings is 1. The van der Waals surface area contributed by atoms with Crippen LogP contribution in [0.25, 0.3) is 21.3 Å². The number of thiophene rings is 2. The Bertz CT molecular complexity index is 1130. The minimum atomic E-state index is -0.182. The molecule has 0 bridgehead atoms. The van der Waals surface area contributed by atoms with Crippen molar-refractivity contribution in [2.75, 3.05) is 7.05 Å². The van der Waals surface area contributed by atoms with Crippen LogP contribution >= 0.6 is 22.7 Å². The molecule has 0 N–H and O–H groups in total. The summed E-state index contributed by atoms with van der Waals surface area (Å²) in [5, 5.41) is 4.50. The molecule has 1 aromatic carbocycles. The molecule has 0 aliphatic heterocycles. The molecule has 5 nitrogen and oxygen atoms in total. The summed E-state index contributed by atoms with van der Waals surface area (Å²) in [5.41, 5.74) is 1.65. The van der Waals surface area contributed by atoms with Crippen molar-refractivity contribution >= 4 is 38.8 Å². The molecule has 0 aliphatic rings. The highest BCUT2D eigenvalue weighted by molar-refractivity contribution is 7.17. The Labute approximate surface area is 164 Å². The summed E-state index contributed by atoms with van der Waals surface area (Å²) in [6.07, 6.45) is 1.47. The molecule has 3 heterocycles. The molecular weight excluding hydrogens is 378 g/mol. The molecule has 0 saturated heterocycles. The van der Waals surface area contributed by atoms with Crippen LogP contribution in [0.3, 0.4) is 0 Å². The lowest BCUT2D eigenvalue weighted by atomic mass is 10.1. The Kier molecular flexibility index (Phi) is 4.87. The van der Waals surface area contributed by atoms with Crippen LogP contribution in [-0.2, 0) is 17.9 Å². The minimum Gasteiger partial charge on any atom is -0.339 e. The molecule has 136 valence electrons. The number of amides is 1. The van der Waals surface area contributed by atoms with Crippen LogP contribution in [0.1, 0.15) is 4.88 Å². The Morgan fingerprint density at radius 3 is 2.70 bits per heavy atom. The molecule has 4 rings (SSSR count). The Morgan fingerprint density at radius 2 is 1.96 bits per heavy atom. The lowest BCUT2D eigenvalue weighted by Crippen LogP contribution is -2.33. The van der Waals surface area contributed by atoms with Crippen molar-refractivity contribution in [2.45, 2.75) is 13.1 Å². The fourth-order valence-corrected chi connectivity index (χ4v) is 4.57. The molecule has 0 unspecified atom stereocenters. The molecular formula is C20H17N3O2S2. The van der Waals surface area contributed by atoms with Gasteiger partial charge in [-0.25, -0.2) is 4.98 Å². The second kappa shape index (κ2) is 7.46. The monoisotopic (exact) mass is 395 g/mol. The third kappa shape index (κ3) is 3.56. The summed E-state index contributed by atoms with van der Waals surface area (Å²) in [6.45, 7) is 0.516. The predicted molar refractivity (Wildman–Crippen MR) is 110 cm³/mol. The SMILES string of the molecule is CN(Cc1cccs1)C(=O)Cn1cnc2scc(-c3ccccc3)c2c1=O. The van der Waals surface area contributed by atoms with Gasteiger partial charge in [-0.05, 0) is 17.0 Å². The molecule has 0 aliphatic carbocycles. The van der Waals surface area contributed by atoms with Crippen molar-refractivity contribution in [2.24, 2.45) is 0 Å². The molecule has 1 amide bonds. The third-order valence-corrected chi connectivity index (χ3v) is 6.10. The van der Waals surface area contributed by atoms with Crippen LogP contribution in [0.15, 0.2) is 64.3 Å². The normalized spacial score (nSPS) is 11.0. The summed E-state index contributed by atoms with van der Waals surface area (Å²) >= 11 is 3.05. The second-order valence-corrected chi connectivity index (χ2v) is 8.09. The first kappa shape index (κ1) is 17.6. The maximum atomic E-state index is 13.0. The van der Waals surface area contributed by atoms with Gasteiger partial charge in [0, 0.05) is 22.9 Å². The van der Waals surface area contributed by atoms with E-state index >= 15 is 0 Å². The second-order valence-electron chi connectivity index (χ2n) is 6.20. The van der Waals surface area contributed by atoms with E-state index in [2.05, 4.69) is 4.98 Å². The Morgan fingerprint density at radius 1 is 1.15 bits per heavy atom. The van der Waals surface area contributed by atoms with Gasteiger partial charge >= 0.3 is 0 Å². The molecule has 7 heteroatoms. The van der Waals surface area contributed by atoms with Crippen LogP contribution < -0.4 is 5.56 Å². The summed E-state index contributed by atoms with van der Waals surface area (Å²) in [6, 6.07) is 13.7. The predicted octanol–water partition coefficient (Wildman–Crippen LogP) is 3.85. The van der Waals surface area contributed by atoms with Crippen molar-refractivity contribution < 1.29 is 4.79 Å². The van der Waals surface area contributed by atoms with Crippen LogP contribution in [0.4, 0.5) is 0 Å². The number of rotatable bonds is 5. The van der Waals surface area contributed by atoms with Crippen molar-refractivity contribution in [1.82, 2.24) is 14.5 Å². The Balaban J connectivity index is 1.64. The van der Waals surface area contributed by atoms with Crippen molar-refractivity contribution in [1.29, 1.82) is 0 Å². The average Bonchev–Trinajstić information content (AvgIpc) is 3.34. The van der Waals surface area contributed by atoms with Crippen molar-refractivity contribution in [3.8, 4) is 11.1 Å². The van der Waals surface area contributed by atoms with Gasteiger partial charge in [-0.1, -0.05) is 36.4 Å². The van der Waals surface area contributed by atoms with E-state index in [1.165, 1.54) is 22.2 Å². The number of likely N-dealkylation sites (N-methyl/N-ethyl adjacent to an activating group) is 1. The van der Waals surface area contributed by atoms with Crippen LogP contribution in [0, 0.1) is 0 Å². The summed E-state index contributed by atoms with van der Waals surface area (Å²) in [5.74, 6) is -0.122. The molecule has 27 heavy (non-hydrogen) atoms. The van der Waals surface area contributed by atoms with E-state index in [-0.39, 0.29) is 18.0 Å². The van der Waals surface area contributed by atoms with Gasteiger partial charge in [0.25, 0.3) is 5.56 Å². The quantitative estimate of drug-likeness (QED) is 0.516. The van der Waals surface area contributed by atoms with E-state index in [1.54, 1.807) is 23.3 Å². The van der Waals surface area contributed by atoms with Gasteiger partial charge in [0.1, 0.15) is 11.4 Å². The number of hydrogen-bond donors (Lipinski definition) is 0. The van der Waals surface area contributed by atoms with Gasteiger partial charge in [-0.2, -0.15) is 0 Å². The van der Waals surface area contributed by atoms with E-state index in [0.29, 0.717) is 16.8 Å². The van der Waals surface area contributed by atoms with Gasteiger partial charge in [-0.3, -0.25) is 14.2 Å². The van der Waals surface area contributed by atoms with Crippen LogP contribution in [-0.4, -0.2) is 27.4 Å². The van der Waals surface area contributed by atoms with E-state index in [1.807, 2.05) is 53.2 Å². The molecule has 0 spiro atoms. The fraction of sp³-hybridized carbons (Fsp3) is 0.150. The van der Waals surface area contributed by atoms with E-state index in [0.717, 1.165) is 16.0 Å². The maximum Gasteiger partial charge on any atom is 0.263 e. The van der Waals surface area contributed by atoms with Crippen LogP contribution in [0.5, 0.6) is 0 Å². The largest absolute Gasteiger partial charge is 0.339 e. The van der Waals surface area contributed by atoms with Gasteiger partial charge in [0.15, 0.2) is 0 Å². The first-order chi connectivity index (χ1) is 13.1. The maximum absolute atomic E-state index is 13.0. The molecule has 4 aromatic rings. The zero-order valence-electron chi connectivity index (χ0n) is 14.7. The van der Waals surface area contributed by atoms with E-state index in [4.69, 9.17) is 0 Å². The topological polar surface area (TPSA) is 55.2 Å². The van der Waals surface area contributed by atoms with Gasteiger partial charge < -0.3 is 4.90 Å². The highest BCUT2D eigenvalue weighted by Gasteiger charge is 2.16. The highest BCUT2D eigenvalue weighted by atomic mass is 32.1. The molecule has 0 fully saturated rings. The smallest absolute Gasteiger partial charge is 0.263 e. The third-order valence-electron chi connectivity index (χ3n) is 4.35. The van der Waals surface area contributed by atoms with Crippen molar-refractivity contribution in [3.63, 3.8) is 0 Å². The summed E-state index contributed by atoms with van der Waals surface area (Å²) in [7, 11) is 1.75.